The fourth-order valence-corrected chi connectivity index (χ4v) is 3.20. The highest BCUT2D eigenvalue weighted by atomic mass is 16.5. The number of anilines is 1. The van der Waals surface area contributed by atoms with Gasteiger partial charge in [0.2, 0.25) is 0 Å². The van der Waals surface area contributed by atoms with Crippen molar-refractivity contribution in [3.8, 4) is 5.75 Å². The molecule has 2 aromatic carbocycles. The van der Waals surface area contributed by atoms with E-state index in [4.69, 9.17) is 4.74 Å². The minimum atomic E-state index is -0.446. The van der Waals surface area contributed by atoms with E-state index in [0.29, 0.717) is 6.42 Å². The highest BCUT2D eigenvalue weighted by molar-refractivity contribution is 5.97. The molecule has 0 saturated heterocycles. The molecular formula is C21H25NO2. The molecule has 1 aliphatic rings. The lowest BCUT2D eigenvalue weighted by Gasteiger charge is -2.32. The van der Waals surface area contributed by atoms with Crippen molar-refractivity contribution in [2.24, 2.45) is 0 Å². The number of para-hydroxylation sites is 1. The van der Waals surface area contributed by atoms with Crippen LogP contribution in [-0.4, -0.2) is 18.6 Å². The first-order chi connectivity index (χ1) is 11.6. The Morgan fingerprint density at radius 3 is 2.71 bits per heavy atom. The summed E-state index contributed by atoms with van der Waals surface area (Å²) >= 11 is 0. The van der Waals surface area contributed by atoms with Crippen LogP contribution in [-0.2, 0) is 11.2 Å². The first kappa shape index (κ1) is 16.6. The van der Waals surface area contributed by atoms with Gasteiger partial charge in [0.25, 0.3) is 5.91 Å². The van der Waals surface area contributed by atoms with Crippen LogP contribution in [0.5, 0.6) is 5.75 Å². The summed E-state index contributed by atoms with van der Waals surface area (Å²) < 4.78 is 6.04. The van der Waals surface area contributed by atoms with E-state index in [1.54, 1.807) is 0 Å². The summed E-state index contributed by atoms with van der Waals surface area (Å²) in [7, 11) is 0. The molecule has 1 amide bonds. The number of aryl methyl sites for hydroxylation is 3. The number of carbonyl (C=O) groups is 1. The summed E-state index contributed by atoms with van der Waals surface area (Å²) in [4.78, 5) is 14.9. The van der Waals surface area contributed by atoms with Crippen molar-refractivity contribution in [1.29, 1.82) is 0 Å². The van der Waals surface area contributed by atoms with E-state index >= 15 is 0 Å². The number of fused-ring (bicyclic) bond motifs is 1. The number of nitrogens with zero attached hydrogens (tertiary/aromatic N) is 1. The minimum absolute atomic E-state index is 0.0582. The maximum Gasteiger partial charge on any atom is 0.268 e. The minimum Gasteiger partial charge on any atom is -0.481 e. The SMILES string of the molecule is CC[C@@H](Oc1ccc(C)c(C)c1)C(=O)N1CCCc2ccccc21. The first-order valence-electron chi connectivity index (χ1n) is 8.73. The van der Waals surface area contributed by atoms with Crippen molar-refractivity contribution in [3.05, 3.63) is 59.2 Å². The van der Waals surface area contributed by atoms with E-state index in [0.717, 1.165) is 30.8 Å². The van der Waals surface area contributed by atoms with Crippen molar-refractivity contribution in [1.82, 2.24) is 0 Å². The Labute approximate surface area is 144 Å². The Morgan fingerprint density at radius 2 is 1.96 bits per heavy atom. The smallest absolute Gasteiger partial charge is 0.268 e. The molecule has 0 fully saturated rings. The van der Waals surface area contributed by atoms with E-state index in [9.17, 15) is 4.79 Å². The summed E-state index contributed by atoms with van der Waals surface area (Å²) in [5.74, 6) is 0.825. The van der Waals surface area contributed by atoms with Crippen LogP contribution in [0.4, 0.5) is 5.69 Å². The average molecular weight is 323 g/mol. The molecule has 0 N–H and O–H groups in total. The highest BCUT2D eigenvalue weighted by Crippen LogP contribution is 2.28. The number of benzene rings is 2. The second-order valence-electron chi connectivity index (χ2n) is 6.48. The normalized spacial score (nSPS) is 14.9. The molecule has 0 bridgehead atoms. The van der Waals surface area contributed by atoms with E-state index in [1.807, 2.05) is 48.2 Å². The topological polar surface area (TPSA) is 29.5 Å². The molecule has 2 aromatic rings. The van der Waals surface area contributed by atoms with Crippen LogP contribution in [0.1, 0.15) is 36.5 Å². The molecule has 3 nitrogen and oxygen atoms in total. The quantitative estimate of drug-likeness (QED) is 0.832. The highest BCUT2D eigenvalue weighted by Gasteiger charge is 2.29. The van der Waals surface area contributed by atoms with Crippen LogP contribution in [0.25, 0.3) is 0 Å². The molecule has 24 heavy (non-hydrogen) atoms. The molecule has 3 heteroatoms. The van der Waals surface area contributed by atoms with Crippen molar-refractivity contribution >= 4 is 11.6 Å². The van der Waals surface area contributed by atoms with Gasteiger partial charge >= 0.3 is 0 Å². The fraction of sp³-hybridized carbons (Fsp3) is 0.381. The third-order valence-corrected chi connectivity index (χ3v) is 4.78. The summed E-state index contributed by atoms with van der Waals surface area (Å²) in [5.41, 5.74) is 4.69. The third kappa shape index (κ3) is 3.30. The van der Waals surface area contributed by atoms with Crippen LogP contribution in [0.2, 0.25) is 0 Å². The van der Waals surface area contributed by atoms with Crippen LogP contribution < -0.4 is 9.64 Å². The predicted molar refractivity (Wildman–Crippen MR) is 97.7 cm³/mol. The van der Waals surface area contributed by atoms with E-state index in [-0.39, 0.29) is 5.91 Å². The molecule has 0 saturated carbocycles. The number of rotatable bonds is 4. The lowest BCUT2D eigenvalue weighted by molar-refractivity contribution is -0.125. The van der Waals surface area contributed by atoms with Crippen molar-refractivity contribution in [2.45, 2.75) is 46.1 Å². The van der Waals surface area contributed by atoms with Gasteiger partial charge in [0.05, 0.1) is 0 Å². The third-order valence-electron chi connectivity index (χ3n) is 4.78. The fourth-order valence-electron chi connectivity index (χ4n) is 3.20. The summed E-state index contributed by atoms with van der Waals surface area (Å²) in [6.45, 7) is 6.90. The zero-order valence-corrected chi connectivity index (χ0v) is 14.7. The standard InChI is InChI=1S/C21H25NO2/c1-4-20(24-18-12-11-15(2)16(3)14-18)21(23)22-13-7-9-17-8-5-6-10-19(17)22/h5-6,8,10-12,14,20H,4,7,9,13H2,1-3H3/t20-/m1/s1. The van der Waals surface area contributed by atoms with Crippen molar-refractivity contribution in [2.75, 3.05) is 11.4 Å². The Balaban J connectivity index is 1.81. The second kappa shape index (κ2) is 7.08. The van der Waals surface area contributed by atoms with Gasteiger partial charge in [0, 0.05) is 12.2 Å². The summed E-state index contributed by atoms with van der Waals surface area (Å²) in [5, 5.41) is 0. The van der Waals surface area contributed by atoms with Gasteiger partial charge in [-0.3, -0.25) is 4.79 Å². The molecule has 1 atom stereocenters. The number of hydrogen-bond donors (Lipinski definition) is 0. The predicted octanol–water partition coefficient (Wildman–Crippen LogP) is 4.44. The maximum atomic E-state index is 13.0. The molecule has 0 radical (unpaired) electrons. The number of carbonyl (C=O) groups excluding carboxylic acids is 1. The molecule has 0 unspecified atom stereocenters. The second-order valence-corrected chi connectivity index (χ2v) is 6.48. The lowest BCUT2D eigenvalue weighted by atomic mass is 10.0. The summed E-state index contributed by atoms with van der Waals surface area (Å²) in [6.07, 6.45) is 2.25. The zero-order valence-electron chi connectivity index (χ0n) is 14.7. The molecule has 0 aliphatic carbocycles. The number of amides is 1. The lowest BCUT2D eigenvalue weighted by Crippen LogP contribution is -2.44. The molecule has 126 valence electrons. The van der Waals surface area contributed by atoms with E-state index in [2.05, 4.69) is 19.9 Å². The molecular weight excluding hydrogens is 298 g/mol. The van der Waals surface area contributed by atoms with Gasteiger partial charge in [-0.15, -0.1) is 0 Å². The maximum absolute atomic E-state index is 13.0. The average Bonchev–Trinajstić information content (AvgIpc) is 2.61. The monoisotopic (exact) mass is 323 g/mol. The Kier molecular flexibility index (Phi) is 4.89. The van der Waals surface area contributed by atoms with Gasteiger partial charge < -0.3 is 9.64 Å². The Bertz CT molecular complexity index is 738. The van der Waals surface area contributed by atoms with Gasteiger partial charge in [-0.2, -0.15) is 0 Å². The molecule has 1 aliphatic heterocycles. The van der Waals surface area contributed by atoms with Crippen molar-refractivity contribution in [3.63, 3.8) is 0 Å². The molecule has 3 rings (SSSR count). The van der Waals surface area contributed by atoms with Gasteiger partial charge in [-0.05, 0) is 68.0 Å². The van der Waals surface area contributed by atoms with E-state index in [1.165, 1.54) is 16.7 Å². The number of ether oxygens (including phenoxy) is 1. The van der Waals surface area contributed by atoms with Gasteiger partial charge in [0.15, 0.2) is 6.10 Å². The molecule has 1 heterocycles. The van der Waals surface area contributed by atoms with E-state index < -0.39 is 6.10 Å². The summed E-state index contributed by atoms with van der Waals surface area (Å²) in [6, 6.07) is 14.2. The van der Waals surface area contributed by atoms with Gasteiger partial charge in [-0.25, -0.2) is 0 Å². The van der Waals surface area contributed by atoms with Crippen molar-refractivity contribution < 1.29 is 9.53 Å². The van der Waals surface area contributed by atoms with Gasteiger partial charge in [0.1, 0.15) is 5.75 Å². The molecule has 0 aromatic heterocycles. The number of hydrogen-bond acceptors (Lipinski definition) is 2. The van der Waals surface area contributed by atoms with Gasteiger partial charge in [-0.1, -0.05) is 31.2 Å². The Morgan fingerprint density at radius 1 is 1.17 bits per heavy atom. The Hall–Kier alpha value is -2.29. The van der Waals surface area contributed by atoms with Crippen LogP contribution in [0.3, 0.4) is 0 Å². The zero-order chi connectivity index (χ0) is 17.1. The van der Waals surface area contributed by atoms with Crippen LogP contribution >= 0.6 is 0 Å². The molecule has 0 spiro atoms. The first-order valence-corrected chi connectivity index (χ1v) is 8.73. The van der Waals surface area contributed by atoms with Crippen LogP contribution in [0.15, 0.2) is 42.5 Å². The largest absolute Gasteiger partial charge is 0.481 e. The van der Waals surface area contributed by atoms with Crippen LogP contribution in [0, 0.1) is 13.8 Å².